The number of hydrogen-bond acceptors (Lipinski definition) is 6. The van der Waals surface area contributed by atoms with Gasteiger partial charge in [0.2, 0.25) is 0 Å². The summed E-state index contributed by atoms with van der Waals surface area (Å²) in [6.45, 7) is 11.4. The van der Waals surface area contributed by atoms with Crippen LogP contribution < -0.4 is 0 Å². The predicted octanol–water partition coefficient (Wildman–Crippen LogP) is 2.37. The fourth-order valence-electron chi connectivity index (χ4n) is 4.46. The van der Waals surface area contributed by atoms with Gasteiger partial charge in [0.15, 0.2) is 5.82 Å². The molecule has 2 fully saturated rings. The zero-order chi connectivity index (χ0) is 19.3. The molecular weight excluding hydrogens is 352 g/mol. The molecule has 3 heterocycles. The average Bonchev–Trinajstić information content (AvgIpc) is 3.37. The number of aromatic nitrogens is 4. The number of piperazine rings is 1. The molecule has 4 rings (SSSR count). The highest BCUT2D eigenvalue weighted by molar-refractivity contribution is 5.14. The molecule has 28 heavy (non-hydrogen) atoms. The zero-order valence-corrected chi connectivity index (χ0v) is 17.1. The van der Waals surface area contributed by atoms with E-state index in [-0.39, 0.29) is 12.1 Å². The van der Waals surface area contributed by atoms with E-state index in [1.807, 2.05) is 4.68 Å². The highest BCUT2D eigenvalue weighted by Crippen LogP contribution is 2.28. The standard InChI is InChI=1S/C21H32N6O/c1-17(2)20(21-22-23-24-27(21)16-19-9-6-14-28-19)26-12-10-25(11-13-26)15-18-7-4-3-5-8-18/h3-5,7-8,17,19-20H,6,9-16H2,1-2H3/t19-,20+/m1/s1. The van der Waals surface area contributed by atoms with Crippen molar-refractivity contribution in [3.8, 4) is 0 Å². The Bertz CT molecular complexity index is 720. The molecule has 2 aliphatic rings. The van der Waals surface area contributed by atoms with Crippen molar-refractivity contribution in [1.29, 1.82) is 0 Å². The molecule has 2 aromatic rings. The van der Waals surface area contributed by atoms with E-state index >= 15 is 0 Å². The summed E-state index contributed by atoms with van der Waals surface area (Å²) >= 11 is 0. The number of ether oxygens (including phenoxy) is 1. The molecule has 0 aliphatic carbocycles. The van der Waals surface area contributed by atoms with Crippen LogP contribution in [0.3, 0.4) is 0 Å². The number of benzene rings is 1. The first-order chi connectivity index (χ1) is 13.7. The van der Waals surface area contributed by atoms with Gasteiger partial charge < -0.3 is 4.74 Å². The monoisotopic (exact) mass is 384 g/mol. The maximum Gasteiger partial charge on any atom is 0.168 e. The third kappa shape index (κ3) is 4.59. The summed E-state index contributed by atoms with van der Waals surface area (Å²) in [5.41, 5.74) is 1.39. The van der Waals surface area contributed by atoms with Gasteiger partial charge in [0.05, 0.1) is 18.7 Å². The fourth-order valence-corrected chi connectivity index (χ4v) is 4.46. The highest BCUT2D eigenvalue weighted by Gasteiger charge is 2.32. The van der Waals surface area contributed by atoms with Crippen LogP contribution in [0.4, 0.5) is 0 Å². The molecule has 152 valence electrons. The first kappa shape index (κ1) is 19.5. The third-order valence-electron chi connectivity index (χ3n) is 5.91. The molecule has 2 saturated heterocycles. The molecule has 0 bridgehead atoms. The summed E-state index contributed by atoms with van der Waals surface area (Å²) in [5, 5.41) is 12.7. The Morgan fingerprint density at radius 2 is 1.89 bits per heavy atom. The van der Waals surface area contributed by atoms with Crippen LogP contribution in [0, 0.1) is 5.92 Å². The van der Waals surface area contributed by atoms with Gasteiger partial charge in [-0.2, -0.15) is 0 Å². The van der Waals surface area contributed by atoms with Crippen molar-refractivity contribution in [2.24, 2.45) is 5.92 Å². The molecule has 7 nitrogen and oxygen atoms in total. The maximum absolute atomic E-state index is 5.80. The van der Waals surface area contributed by atoms with Gasteiger partial charge in [-0.3, -0.25) is 9.80 Å². The smallest absolute Gasteiger partial charge is 0.168 e. The minimum atomic E-state index is 0.246. The van der Waals surface area contributed by atoms with Crippen molar-refractivity contribution in [3.05, 3.63) is 41.7 Å². The minimum absolute atomic E-state index is 0.246. The molecule has 0 spiro atoms. The quantitative estimate of drug-likeness (QED) is 0.730. The lowest BCUT2D eigenvalue weighted by Crippen LogP contribution is -2.48. The normalized spacial score (nSPS) is 22.8. The molecule has 0 N–H and O–H groups in total. The number of hydrogen-bond donors (Lipinski definition) is 0. The maximum atomic E-state index is 5.80. The van der Waals surface area contributed by atoms with Crippen LogP contribution >= 0.6 is 0 Å². The average molecular weight is 385 g/mol. The van der Waals surface area contributed by atoms with E-state index in [0.717, 1.165) is 64.5 Å². The second-order valence-electron chi connectivity index (χ2n) is 8.34. The summed E-state index contributed by atoms with van der Waals surface area (Å²) in [6, 6.07) is 11.0. The summed E-state index contributed by atoms with van der Waals surface area (Å²) in [5.74, 6) is 1.44. The Hall–Kier alpha value is -1.83. The molecule has 7 heteroatoms. The zero-order valence-electron chi connectivity index (χ0n) is 17.1. The van der Waals surface area contributed by atoms with Crippen LogP contribution in [0.15, 0.2) is 30.3 Å². The lowest BCUT2D eigenvalue weighted by Gasteiger charge is -2.40. The lowest BCUT2D eigenvalue weighted by molar-refractivity contribution is 0.0607. The van der Waals surface area contributed by atoms with Gasteiger partial charge in [-0.15, -0.1) is 5.10 Å². The second kappa shape index (κ2) is 9.11. The Morgan fingerprint density at radius 3 is 2.57 bits per heavy atom. The Balaban J connectivity index is 1.40. The van der Waals surface area contributed by atoms with Crippen LogP contribution in [-0.4, -0.2) is 68.9 Å². The van der Waals surface area contributed by atoms with Gasteiger partial charge in [0.1, 0.15) is 0 Å². The van der Waals surface area contributed by atoms with Gasteiger partial charge in [-0.1, -0.05) is 44.2 Å². The first-order valence-corrected chi connectivity index (χ1v) is 10.6. The van der Waals surface area contributed by atoms with Crippen LogP contribution in [0.2, 0.25) is 0 Å². The van der Waals surface area contributed by atoms with E-state index in [4.69, 9.17) is 4.74 Å². The minimum Gasteiger partial charge on any atom is -0.376 e. The van der Waals surface area contributed by atoms with Gasteiger partial charge >= 0.3 is 0 Å². The van der Waals surface area contributed by atoms with Gasteiger partial charge in [0, 0.05) is 39.3 Å². The Labute approximate surface area is 167 Å². The number of nitrogens with zero attached hydrogens (tertiary/aromatic N) is 6. The summed E-state index contributed by atoms with van der Waals surface area (Å²) < 4.78 is 7.78. The van der Waals surface area contributed by atoms with Crippen LogP contribution in [0.1, 0.15) is 44.1 Å². The number of rotatable bonds is 7. The van der Waals surface area contributed by atoms with Crippen LogP contribution in [0.25, 0.3) is 0 Å². The second-order valence-corrected chi connectivity index (χ2v) is 8.34. The highest BCUT2D eigenvalue weighted by atomic mass is 16.5. The topological polar surface area (TPSA) is 59.3 Å². The molecular formula is C21H32N6O. The van der Waals surface area contributed by atoms with E-state index in [1.54, 1.807) is 0 Å². The molecule has 2 aliphatic heterocycles. The van der Waals surface area contributed by atoms with Crippen molar-refractivity contribution in [1.82, 2.24) is 30.0 Å². The van der Waals surface area contributed by atoms with Gasteiger partial charge in [0.25, 0.3) is 0 Å². The molecule has 0 radical (unpaired) electrons. The van der Waals surface area contributed by atoms with Crippen molar-refractivity contribution in [3.63, 3.8) is 0 Å². The summed E-state index contributed by atoms with van der Waals surface area (Å²) in [7, 11) is 0. The van der Waals surface area contributed by atoms with Crippen molar-refractivity contribution < 1.29 is 4.74 Å². The third-order valence-corrected chi connectivity index (χ3v) is 5.91. The Morgan fingerprint density at radius 1 is 1.11 bits per heavy atom. The SMILES string of the molecule is CC(C)[C@@H](c1nnnn1C[C@H]1CCCO1)N1CCN(Cc2ccccc2)CC1. The molecule has 2 atom stereocenters. The first-order valence-electron chi connectivity index (χ1n) is 10.6. The van der Waals surface area contributed by atoms with Gasteiger partial charge in [-0.05, 0) is 34.7 Å². The molecule has 1 aromatic heterocycles. The van der Waals surface area contributed by atoms with Crippen molar-refractivity contribution in [2.75, 3.05) is 32.8 Å². The summed E-state index contributed by atoms with van der Waals surface area (Å²) in [4.78, 5) is 5.10. The van der Waals surface area contributed by atoms with E-state index in [1.165, 1.54) is 5.56 Å². The largest absolute Gasteiger partial charge is 0.376 e. The summed E-state index contributed by atoms with van der Waals surface area (Å²) in [6.07, 6.45) is 2.49. The van der Waals surface area contributed by atoms with E-state index < -0.39 is 0 Å². The fraction of sp³-hybridized carbons (Fsp3) is 0.667. The van der Waals surface area contributed by atoms with Crippen molar-refractivity contribution in [2.45, 2.75) is 51.9 Å². The van der Waals surface area contributed by atoms with Gasteiger partial charge in [-0.25, -0.2) is 4.68 Å². The molecule has 0 unspecified atom stereocenters. The Kier molecular flexibility index (Phi) is 6.34. The van der Waals surface area contributed by atoms with Crippen LogP contribution in [0.5, 0.6) is 0 Å². The van der Waals surface area contributed by atoms with E-state index in [2.05, 4.69) is 69.5 Å². The van der Waals surface area contributed by atoms with E-state index in [0.29, 0.717) is 5.92 Å². The lowest BCUT2D eigenvalue weighted by atomic mass is 10.0. The molecule has 0 saturated carbocycles. The molecule has 1 aromatic carbocycles. The number of tetrazole rings is 1. The van der Waals surface area contributed by atoms with E-state index in [9.17, 15) is 0 Å². The van der Waals surface area contributed by atoms with Crippen molar-refractivity contribution >= 4 is 0 Å². The predicted molar refractivity (Wildman–Crippen MR) is 108 cm³/mol. The molecule has 0 amide bonds. The van der Waals surface area contributed by atoms with Crippen LogP contribution in [-0.2, 0) is 17.8 Å².